The highest BCUT2D eigenvalue weighted by molar-refractivity contribution is 9.10. The van der Waals surface area contributed by atoms with Crippen molar-refractivity contribution in [2.24, 2.45) is 0 Å². The van der Waals surface area contributed by atoms with Crippen LogP contribution >= 0.6 is 27.5 Å². The molecule has 0 saturated heterocycles. The Morgan fingerprint density at radius 1 is 1.50 bits per heavy atom. The molecule has 2 N–H and O–H groups in total. The smallest absolute Gasteiger partial charge is 0.325 e. The number of carboxylic acids is 1. The number of nitrogens with one attached hydrogen (secondary N) is 1. The van der Waals surface area contributed by atoms with E-state index >= 15 is 0 Å². The van der Waals surface area contributed by atoms with Crippen molar-refractivity contribution in [1.82, 2.24) is 5.32 Å². The molecule has 0 radical (unpaired) electrons. The number of aliphatic carboxylic acids is 1. The van der Waals surface area contributed by atoms with Gasteiger partial charge in [0.1, 0.15) is 6.04 Å². The first kappa shape index (κ1) is 13.5. The van der Waals surface area contributed by atoms with Crippen molar-refractivity contribution >= 4 is 33.5 Å². The zero-order chi connectivity index (χ0) is 12.3. The molecule has 0 aliphatic rings. The van der Waals surface area contributed by atoms with Crippen LogP contribution in [0.2, 0.25) is 5.02 Å². The predicted molar refractivity (Wildman–Crippen MR) is 67.8 cm³/mol. The summed E-state index contributed by atoms with van der Waals surface area (Å²) < 4.78 is 0.695. The lowest BCUT2D eigenvalue weighted by Crippen LogP contribution is -2.33. The van der Waals surface area contributed by atoms with Crippen molar-refractivity contribution in [1.29, 1.82) is 0 Å². The molecule has 0 saturated carbocycles. The van der Waals surface area contributed by atoms with Crippen LogP contribution in [-0.2, 0) is 4.79 Å². The average molecular weight is 307 g/mol. The van der Waals surface area contributed by atoms with Gasteiger partial charge >= 0.3 is 5.97 Å². The molecule has 1 aromatic carbocycles. The molecule has 16 heavy (non-hydrogen) atoms. The van der Waals surface area contributed by atoms with Crippen molar-refractivity contribution in [2.45, 2.75) is 25.9 Å². The maximum absolute atomic E-state index is 11.2. The lowest BCUT2D eigenvalue weighted by molar-refractivity contribution is -0.139. The fraction of sp³-hybridized carbons (Fsp3) is 0.364. The molecule has 0 spiro atoms. The molecule has 1 aromatic rings. The molecule has 0 aliphatic carbocycles. The summed E-state index contributed by atoms with van der Waals surface area (Å²) in [6, 6.07) is 4.44. The van der Waals surface area contributed by atoms with E-state index in [1.54, 1.807) is 18.2 Å². The highest BCUT2D eigenvalue weighted by Crippen LogP contribution is 2.27. The molecule has 0 amide bonds. The van der Waals surface area contributed by atoms with Crippen LogP contribution in [0, 0.1) is 0 Å². The van der Waals surface area contributed by atoms with Crippen molar-refractivity contribution in [3.63, 3.8) is 0 Å². The molecule has 0 aromatic heterocycles. The maximum atomic E-state index is 11.2. The molecule has 5 heteroatoms. The van der Waals surface area contributed by atoms with Gasteiger partial charge in [-0.1, -0.05) is 33.6 Å². The molecule has 88 valence electrons. The van der Waals surface area contributed by atoms with Crippen LogP contribution < -0.4 is 5.32 Å². The minimum atomic E-state index is -0.906. The van der Waals surface area contributed by atoms with Crippen LogP contribution in [-0.4, -0.2) is 17.1 Å². The number of rotatable bonds is 4. The van der Waals surface area contributed by atoms with Gasteiger partial charge in [0.2, 0.25) is 0 Å². The Balaban J connectivity index is 3.06. The summed E-state index contributed by atoms with van der Waals surface area (Å²) in [6.45, 7) is 3.81. The minimum absolute atomic E-state index is 0.0867. The number of hydrogen-bond acceptors (Lipinski definition) is 2. The summed E-state index contributed by atoms with van der Waals surface area (Å²) in [4.78, 5) is 11.2. The van der Waals surface area contributed by atoms with E-state index in [1.807, 2.05) is 13.8 Å². The van der Waals surface area contributed by atoms with E-state index in [-0.39, 0.29) is 6.04 Å². The topological polar surface area (TPSA) is 49.3 Å². The van der Waals surface area contributed by atoms with Gasteiger partial charge in [-0.15, -0.1) is 0 Å². The van der Waals surface area contributed by atoms with Crippen LogP contribution in [0.5, 0.6) is 0 Å². The first-order chi connectivity index (χ1) is 7.41. The first-order valence-electron chi connectivity index (χ1n) is 4.85. The third kappa shape index (κ3) is 3.47. The summed E-state index contributed by atoms with van der Waals surface area (Å²) in [5.41, 5.74) is 0.672. The van der Waals surface area contributed by atoms with Crippen LogP contribution in [0.1, 0.15) is 25.5 Å². The Morgan fingerprint density at radius 2 is 2.12 bits per heavy atom. The summed E-state index contributed by atoms with van der Waals surface area (Å²) in [5.74, 6) is -0.906. The molecule has 0 aliphatic heterocycles. The van der Waals surface area contributed by atoms with Gasteiger partial charge in [0.25, 0.3) is 0 Å². The second kappa shape index (κ2) is 5.66. The van der Waals surface area contributed by atoms with Crippen LogP contribution in [0.15, 0.2) is 22.7 Å². The van der Waals surface area contributed by atoms with Gasteiger partial charge in [0, 0.05) is 15.5 Å². The van der Waals surface area contributed by atoms with E-state index < -0.39 is 12.0 Å². The Labute approximate surface area is 108 Å². The SMILES string of the molecule is CC(C)NC(C(=O)O)c1ccc(Cl)cc1Br. The van der Waals surface area contributed by atoms with E-state index in [9.17, 15) is 4.79 Å². The number of benzene rings is 1. The van der Waals surface area contributed by atoms with Crippen molar-refractivity contribution in [3.05, 3.63) is 33.3 Å². The van der Waals surface area contributed by atoms with Crippen molar-refractivity contribution in [2.75, 3.05) is 0 Å². The van der Waals surface area contributed by atoms with Gasteiger partial charge in [-0.2, -0.15) is 0 Å². The van der Waals surface area contributed by atoms with Gasteiger partial charge in [0.15, 0.2) is 0 Å². The quantitative estimate of drug-likeness (QED) is 0.898. The Hall–Kier alpha value is -0.580. The van der Waals surface area contributed by atoms with Crippen LogP contribution in [0.3, 0.4) is 0 Å². The number of carboxylic acid groups (broad SMARTS) is 1. The summed E-state index contributed by atoms with van der Waals surface area (Å²) >= 11 is 9.13. The van der Waals surface area contributed by atoms with Crippen molar-refractivity contribution < 1.29 is 9.90 Å². The van der Waals surface area contributed by atoms with Crippen molar-refractivity contribution in [3.8, 4) is 0 Å². The molecular weight excluding hydrogens is 293 g/mol. The largest absolute Gasteiger partial charge is 0.480 e. The van der Waals surface area contributed by atoms with E-state index in [2.05, 4.69) is 21.2 Å². The highest BCUT2D eigenvalue weighted by Gasteiger charge is 2.22. The third-order valence-electron chi connectivity index (χ3n) is 2.02. The first-order valence-corrected chi connectivity index (χ1v) is 6.02. The molecule has 1 rings (SSSR count). The Bertz CT molecular complexity index is 396. The second-order valence-corrected chi connectivity index (χ2v) is 5.05. The zero-order valence-electron chi connectivity index (χ0n) is 9.00. The second-order valence-electron chi connectivity index (χ2n) is 3.76. The van der Waals surface area contributed by atoms with E-state index in [0.717, 1.165) is 0 Å². The van der Waals surface area contributed by atoms with E-state index in [0.29, 0.717) is 15.1 Å². The van der Waals surface area contributed by atoms with E-state index in [4.69, 9.17) is 16.7 Å². The average Bonchev–Trinajstić information content (AvgIpc) is 2.14. The molecule has 0 fully saturated rings. The number of halogens is 2. The molecule has 3 nitrogen and oxygen atoms in total. The molecule has 0 bridgehead atoms. The normalized spacial score (nSPS) is 12.8. The summed E-state index contributed by atoms with van der Waals surface area (Å²) in [5, 5.41) is 12.7. The predicted octanol–water partition coefficient (Wildman–Crippen LogP) is 3.23. The zero-order valence-corrected chi connectivity index (χ0v) is 11.3. The Morgan fingerprint density at radius 3 is 2.56 bits per heavy atom. The van der Waals surface area contributed by atoms with Gasteiger partial charge < -0.3 is 5.11 Å². The van der Waals surface area contributed by atoms with E-state index in [1.165, 1.54) is 0 Å². The lowest BCUT2D eigenvalue weighted by atomic mass is 10.1. The fourth-order valence-electron chi connectivity index (χ4n) is 1.36. The molecule has 0 heterocycles. The molecular formula is C11H13BrClNO2. The van der Waals surface area contributed by atoms with Gasteiger partial charge in [-0.3, -0.25) is 10.1 Å². The highest BCUT2D eigenvalue weighted by atomic mass is 79.9. The van der Waals surface area contributed by atoms with Crippen LogP contribution in [0.4, 0.5) is 0 Å². The number of carbonyl (C=O) groups is 1. The summed E-state index contributed by atoms with van der Waals surface area (Å²) in [7, 11) is 0. The number of hydrogen-bond donors (Lipinski definition) is 2. The molecule has 1 atom stereocenters. The standard InChI is InChI=1S/C11H13BrClNO2/c1-6(2)14-10(11(15)16)8-4-3-7(13)5-9(8)12/h3-6,10,14H,1-2H3,(H,15,16). The fourth-order valence-corrected chi connectivity index (χ4v) is 2.27. The maximum Gasteiger partial charge on any atom is 0.325 e. The summed E-state index contributed by atoms with van der Waals surface area (Å²) in [6.07, 6.45) is 0. The lowest BCUT2D eigenvalue weighted by Gasteiger charge is -2.18. The third-order valence-corrected chi connectivity index (χ3v) is 2.94. The molecule has 1 unspecified atom stereocenters. The monoisotopic (exact) mass is 305 g/mol. The Kier molecular flexibility index (Phi) is 4.77. The van der Waals surface area contributed by atoms with Gasteiger partial charge in [0.05, 0.1) is 0 Å². The minimum Gasteiger partial charge on any atom is -0.480 e. The van der Waals surface area contributed by atoms with Gasteiger partial charge in [-0.25, -0.2) is 0 Å². The van der Waals surface area contributed by atoms with Crippen LogP contribution in [0.25, 0.3) is 0 Å². The van der Waals surface area contributed by atoms with Gasteiger partial charge in [-0.05, 0) is 31.5 Å².